The average Bonchev–Trinajstić information content (AvgIpc) is 3.27. The van der Waals surface area contributed by atoms with Gasteiger partial charge < -0.3 is 18.7 Å². The lowest BCUT2D eigenvalue weighted by Crippen LogP contribution is -2.37. The van der Waals surface area contributed by atoms with Gasteiger partial charge in [0.05, 0.1) is 12.7 Å². The van der Waals surface area contributed by atoms with E-state index in [9.17, 15) is 14.2 Å². The molecule has 0 aliphatic carbocycles. The van der Waals surface area contributed by atoms with Gasteiger partial charge >= 0.3 is 19.4 Å². The summed E-state index contributed by atoms with van der Waals surface area (Å²) in [6.07, 6.45) is 0.293. The van der Waals surface area contributed by atoms with Crippen LogP contribution in [0.5, 0.6) is 5.75 Å². The lowest BCUT2D eigenvalue weighted by Gasteiger charge is -2.24. The highest BCUT2D eigenvalue weighted by Crippen LogP contribution is 2.45. The molecule has 11 nitrogen and oxygen atoms in total. The van der Waals surface area contributed by atoms with Crippen LogP contribution in [0.15, 0.2) is 47.4 Å². The molecule has 0 amide bonds. The van der Waals surface area contributed by atoms with Crippen molar-refractivity contribution >= 4 is 13.7 Å². The summed E-state index contributed by atoms with van der Waals surface area (Å²) in [6.45, 7) is 6.66. The molecule has 3 rings (SSSR count). The highest BCUT2D eigenvalue weighted by Gasteiger charge is 2.36. The third-order valence-corrected chi connectivity index (χ3v) is 6.60. The van der Waals surface area contributed by atoms with Gasteiger partial charge in [-0.05, 0) is 45.4 Å². The van der Waals surface area contributed by atoms with Crippen LogP contribution in [0.4, 0.5) is 0 Å². The Morgan fingerprint density at radius 1 is 1.29 bits per heavy atom. The fraction of sp³-hybridized carbons (Fsp3) is 0.500. The number of benzene rings is 1. The zero-order chi connectivity index (χ0) is 24.7. The smallest absolute Gasteiger partial charge is 0.459 e. The molecule has 0 bridgehead atoms. The molecule has 0 unspecified atom stereocenters. The van der Waals surface area contributed by atoms with Crippen molar-refractivity contribution in [2.45, 2.75) is 58.8 Å². The van der Waals surface area contributed by atoms with Crippen LogP contribution >= 0.6 is 7.75 Å². The minimum absolute atomic E-state index is 0.0770. The van der Waals surface area contributed by atoms with E-state index in [1.807, 2.05) is 6.92 Å². The lowest BCUT2D eigenvalue weighted by atomic mass is 10.3. The molecule has 34 heavy (non-hydrogen) atoms. The number of ether oxygens (including phenoxy) is 3. The Hall–Kier alpha value is -2.56. The van der Waals surface area contributed by atoms with Crippen molar-refractivity contribution < 1.29 is 32.6 Å². The van der Waals surface area contributed by atoms with Crippen molar-refractivity contribution in [1.29, 1.82) is 0 Å². The zero-order valence-electron chi connectivity index (χ0n) is 19.6. The van der Waals surface area contributed by atoms with E-state index in [1.165, 1.54) is 11.5 Å². The van der Waals surface area contributed by atoms with E-state index < -0.39 is 38.0 Å². The van der Waals surface area contributed by atoms with Gasteiger partial charge in [-0.15, -0.1) is 0 Å². The van der Waals surface area contributed by atoms with Gasteiger partial charge in [-0.25, -0.2) is 9.36 Å². The van der Waals surface area contributed by atoms with Crippen LogP contribution in [0.3, 0.4) is 0 Å². The van der Waals surface area contributed by atoms with Gasteiger partial charge in [0.2, 0.25) is 0 Å². The van der Waals surface area contributed by atoms with E-state index in [4.69, 9.17) is 23.3 Å². The number of nitrogens with zero attached hydrogens (tertiary/aromatic N) is 2. The largest absolute Gasteiger partial charge is 0.462 e. The molecule has 1 aromatic carbocycles. The third-order valence-electron chi connectivity index (χ3n) is 4.96. The molecule has 1 fully saturated rings. The zero-order valence-corrected chi connectivity index (χ0v) is 20.5. The first-order valence-corrected chi connectivity index (χ1v) is 12.5. The van der Waals surface area contributed by atoms with Gasteiger partial charge in [0.15, 0.2) is 12.5 Å². The van der Waals surface area contributed by atoms with Crippen LogP contribution in [-0.4, -0.2) is 47.2 Å². The predicted octanol–water partition coefficient (Wildman–Crippen LogP) is 2.95. The molecule has 1 saturated heterocycles. The molecule has 2 heterocycles. The number of aromatic nitrogens is 2. The normalized spacial score (nSPS) is 21.4. The molecule has 2 aromatic rings. The summed E-state index contributed by atoms with van der Waals surface area (Å²) in [5.41, 5.74) is 0.120. The summed E-state index contributed by atoms with van der Waals surface area (Å²) in [5, 5.41) is 2.61. The summed E-state index contributed by atoms with van der Waals surface area (Å²) in [5.74, 6) is -0.307. The Bertz CT molecular complexity index is 1060. The predicted molar refractivity (Wildman–Crippen MR) is 122 cm³/mol. The lowest BCUT2D eigenvalue weighted by molar-refractivity contribution is -0.150. The maximum atomic E-state index is 13.5. The second-order valence-electron chi connectivity index (χ2n) is 7.82. The van der Waals surface area contributed by atoms with Gasteiger partial charge in [-0.2, -0.15) is 10.1 Å². The number of hydrogen-bond acceptors (Lipinski definition) is 9. The molecule has 1 aliphatic rings. The van der Waals surface area contributed by atoms with Gasteiger partial charge in [0, 0.05) is 11.9 Å². The molecule has 1 N–H and O–H groups in total. The summed E-state index contributed by atoms with van der Waals surface area (Å²) < 4.78 is 42.5. The molecular formula is C22H30N3O8P. The maximum absolute atomic E-state index is 13.5. The molecule has 1 aliphatic heterocycles. The number of nitrogens with one attached hydrogen (secondary N) is 1. The number of carbonyl (C=O) groups excluding carboxylic acids is 1. The van der Waals surface area contributed by atoms with E-state index >= 15 is 0 Å². The standard InChI is InChI=1S/C22H30N3O8P/c1-5-16(3)31-21(26)17(4)24-34(28,33-18-9-7-6-8-10-18)30-14-20-29-13-19(32-20)25-12-11-15(2)23-22(25)27/h6-12,16-17,19-20H,5,13-14H2,1-4H3,(H,24,28)/t16-,17+,19+,20+,34-/m1/s1. The summed E-state index contributed by atoms with van der Waals surface area (Å²) >= 11 is 0. The van der Waals surface area contributed by atoms with E-state index in [1.54, 1.807) is 56.4 Å². The fourth-order valence-corrected chi connectivity index (χ4v) is 4.41. The minimum Gasteiger partial charge on any atom is -0.462 e. The second kappa shape index (κ2) is 11.7. The monoisotopic (exact) mass is 495 g/mol. The summed E-state index contributed by atoms with van der Waals surface area (Å²) in [4.78, 5) is 28.3. The van der Waals surface area contributed by atoms with Crippen LogP contribution in [0.2, 0.25) is 0 Å². The highest BCUT2D eigenvalue weighted by molar-refractivity contribution is 7.52. The fourth-order valence-electron chi connectivity index (χ4n) is 2.94. The molecule has 186 valence electrons. The number of para-hydroxylation sites is 1. The molecule has 12 heteroatoms. The van der Waals surface area contributed by atoms with Crippen molar-refractivity contribution in [2.75, 3.05) is 13.2 Å². The van der Waals surface area contributed by atoms with Gasteiger partial charge in [-0.1, -0.05) is 25.1 Å². The van der Waals surface area contributed by atoms with Crippen molar-refractivity contribution in [3.8, 4) is 5.75 Å². The number of hydrogen-bond donors (Lipinski definition) is 1. The Kier molecular flexibility index (Phi) is 8.98. The van der Waals surface area contributed by atoms with E-state index in [2.05, 4.69) is 10.1 Å². The van der Waals surface area contributed by atoms with Crippen LogP contribution in [0.1, 0.15) is 39.1 Å². The molecule has 5 atom stereocenters. The van der Waals surface area contributed by atoms with Crippen molar-refractivity contribution in [1.82, 2.24) is 14.6 Å². The molecule has 0 radical (unpaired) electrons. The minimum atomic E-state index is -4.06. The van der Waals surface area contributed by atoms with Crippen molar-refractivity contribution in [2.24, 2.45) is 0 Å². The van der Waals surface area contributed by atoms with Gasteiger partial charge in [0.25, 0.3) is 0 Å². The maximum Gasteiger partial charge on any atom is 0.459 e. The van der Waals surface area contributed by atoms with E-state index in [0.717, 1.165) is 0 Å². The van der Waals surface area contributed by atoms with Crippen molar-refractivity contribution in [3.05, 3.63) is 58.8 Å². The van der Waals surface area contributed by atoms with Crippen LogP contribution in [0, 0.1) is 6.92 Å². The Morgan fingerprint density at radius 2 is 2.03 bits per heavy atom. The van der Waals surface area contributed by atoms with Crippen molar-refractivity contribution in [3.63, 3.8) is 0 Å². The molecule has 0 saturated carbocycles. The second-order valence-corrected chi connectivity index (χ2v) is 9.51. The quantitative estimate of drug-likeness (QED) is 0.367. The van der Waals surface area contributed by atoms with E-state index in [0.29, 0.717) is 12.1 Å². The molecule has 0 spiro atoms. The Balaban J connectivity index is 1.66. The van der Waals surface area contributed by atoms with Crippen LogP contribution in [0.25, 0.3) is 0 Å². The SMILES string of the molecule is CC[C@@H](C)OC(=O)[C@H](C)N[P@@](=O)(OC[C@H]1OC[C@@H](n2ccc(C)nc2=O)O1)Oc1ccccc1. The first-order valence-electron chi connectivity index (χ1n) is 11.0. The summed E-state index contributed by atoms with van der Waals surface area (Å²) in [6, 6.07) is 9.12. The average molecular weight is 495 g/mol. The first kappa shape index (κ1) is 26.1. The third kappa shape index (κ3) is 7.22. The highest BCUT2D eigenvalue weighted by atomic mass is 31.2. The number of aryl methyl sites for hydroxylation is 1. The van der Waals surface area contributed by atoms with Gasteiger partial charge in [0.1, 0.15) is 18.4 Å². The van der Waals surface area contributed by atoms with Crippen LogP contribution < -0.4 is 15.3 Å². The first-order chi connectivity index (χ1) is 16.2. The number of carbonyl (C=O) groups is 1. The molecule has 1 aromatic heterocycles. The number of esters is 1. The van der Waals surface area contributed by atoms with Crippen LogP contribution in [-0.2, 0) is 28.1 Å². The molecular weight excluding hydrogens is 465 g/mol. The summed E-state index contributed by atoms with van der Waals surface area (Å²) in [7, 11) is -4.06. The Labute approximate surface area is 197 Å². The Morgan fingerprint density at radius 3 is 2.71 bits per heavy atom. The topological polar surface area (TPSA) is 127 Å². The number of rotatable bonds is 11. The van der Waals surface area contributed by atoms with E-state index in [-0.39, 0.29) is 25.1 Å². The van der Waals surface area contributed by atoms with Gasteiger partial charge in [-0.3, -0.25) is 13.9 Å².